The second-order valence-electron chi connectivity index (χ2n) is 7.65. The summed E-state index contributed by atoms with van der Waals surface area (Å²) >= 11 is 3.33. The summed E-state index contributed by atoms with van der Waals surface area (Å²) in [6.45, 7) is 0. The minimum Gasteiger partial charge on any atom is -0.450 e. The van der Waals surface area contributed by atoms with Gasteiger partial charge in [0.15, 0.2) is 5.78 Å². The molecule has 0 saturated carbocycles. The molecule has 0 atom stereocenters. The second kappa shape index (κ2) is 9.44. The van der Waals surface area contributed by atoms with Crippen molar-refractivity contribution in [3.63, 3.8) is 0 Å². The maximum absolute atomic E-state index is 12.8. The molecule has 0 aliphatic rings. The van der Waals surface area contributed by atoms with E-state index in [0.29, 0.717) is 17.0 Å². The van der Waals surface area contributed by atoms with Crippen molar-refractivity contribution in [1.29, 1.82) is 0 Å². The van der Waals surface area contributed by atoms with Gasteiger partial charge >= 0.3 is 5.69 Å². The number of aromatic nitrogens is 2. The molecule has 0 unspecified atom stereocenters. The van der Waals surface area contributed by atoms with Crippen molar-refractivity contribution >= 4 is 38.4 Å². The molecule has 0 bridgehead atoms. The van der Waals surface area contributed by atoms with E-state index >= 15 is 0 Å². The summed E-state index contributed by atoms with van der Waals surface area (Å²) in [5.74, 6) is 0.112. The van der Waals surface area contributed by atoms with Gasteiger partial charge in [-0.2, -0.15) is 0 Å². The van der Waals surface area contributed by atoms with Gasteiger partial charge in [0.1, 0.15) is 5.75 Å². The zero-order chi connectivity index (χ0) is 24.4. The number of carbonyl (C=O) groups is 1. The van der Waals surface area contributed by atoms with Crippen LogP contribution in [0.25, 0.3) is 22.3 Å². The van der Waals surface area contributed by atoms with Gasteiger partial charge in [0.2, 0.25) is 5.75 Å². The zero-order valence-corrected chi connectivity index (χ0v) is 19.7. The molecule has 7 nitrogen and oxygen atoms in total. The summed E-state index contributed by atoms with van der Waals surface area (Å²) < 4.78 is 6.70. The molecular formula is C27H16BrN3O4. The Bertz CT molecular complexity index is 1590. The van der Waals surface area contributed by atoms with Gasteiger partial charge in [0, 0.05) is 27.2 Å². The summed E-state index contributed by atoms with van der Waals surface area (Å²) in [6.07, 6.45) is 1.67. The van der Waals surface area contributed by atoms with Gasteiger partial charge in [0.25, 0.3) is 0 Å². The summed E-state index contributed by atoms with van der Waals surface area (Å²) in [6, 6.07) is 25.6. The van der Waals surface area contributed by atoms with E-state index in [1.165, 1.54) is 18.2 Å². The van der Waals surface area contributed by atoms with Crippen LogP contribution < -0.4 is 4.74 Å². The average molecular weight is 526 g/mol. The minimum absolute atomic E-state index is 0.0316. The summed E-state index contributed by atoms with van der Waals surface area (Å²) in [5, 5.41) is 11.8. The summed E-state index contributed by atoms with van der Waals surface area (Å²) in [4.78, 5) is 33.1. The number of nitro benzene ring substituents is 1. The number of hydrogen-bond acceptors (Lipinski definition) is 6. The third kappa shape index (κ3) is 4.78. The SMILES string of the molecule is O=C(c1ccc(Br)cc1)c1ccc(Oc2cccc(-c3cnc4ccccc4n3)c2)c([N+](=O)[O-])c1. The average Bonchev–Trinajstić information content (AvgIpc) is 2.88. The number of ketones is 1. The van der Waals surface area contributed by atoms with Crippen LogP contribution in [0.4, 0.5) is 5.69 Å². The Kier molecular flexibility index (Phi) is 6.03. The lowest BCUT2D eigenvalue weighted by Gasteiger charge is -2.10. The predicted molar refractivity (Wildman–Crippen MR) is 136 cm³/mol. The van der Waals surface area contributed by atoms with E-state index in [9.17, 15) is 14.9 Å². The second-order valence-corrected chi connectivity index (χ2v) is 8.57. The molecule has 170 valence electrons. The van der Waals surface area contributed by atoms with Crippen molar-refractivity contribution in [2.75, 3.05) is 0 Å². The summed E-state index contributed by atoms with van der Waals surface area (Å²) in [7, 11) is 0. The number of nitro groups is 1. The molecule has 1 heterocycles. The molecule has 5 aromatic rings. The Hall–Kier alpha value is -4.43. The monoisotopic (exact) mass is 525 g/mol. The van der Waals surface area contributed by atoms with Crippen molar-refractivity contribution in [2.45, 2.75) is 0 Å². The van der Waals surface area contributed by atoms with Crippen LogP contribution in [0, 0.1) is 10.1 Å². The smallest absolute Gasteiger partial charge is 0.312 e. The van der Waals surface area contributed by atoms with Crippen LogP contribution in [0.5, 0.6) is 11.5 Å². The molecule has 0 aliphatic carbocycles. The Balaban J connectivity index is 1.45. The maximum Gasteiger partial charge on any atom is 0.312 e. The van der Waals surface area contributed by atoms with Crippen LogP contribution in [-0.4, -0.2) is 20.7 Å². The van der Waals surface area contributed by atoms with E-state index in [4.69, 9.17) is 4.74 Å². The summed E-state index contributed by atoms with van der Waals surface area (Å²) in [5.41, 5.74) is 3.29. The number of benzene rings is 4. The van der Waals surface area contributed by atoms with Crippen molar-refractivity contribution in [2.24, 2.45) is 0 Å². The van der Waals surface area contributed by atoms with Crippen molar-refractivity contribution in [3.05, 3.63) is 123 Å². The van der Waals surface area contributed by atoms with E-state index in [2.05, 4.69) is 25.9 Å². The first-order valence-corrected chi connectivity index (χ1v) is 11.4. The quantitative estimate of drug-likeness (QED) is 0.134. The Morgan fingerprint density at radius 3 is 2.37 bits per heavy atom. The first-order valence-electron chi connectivity index (χ1n) is 10.6. The van der Waals surface area contributed by atoms with Gasteiger partial charge in [0.05, 0.1) is 27.8 Å². The number of halogens is 1. The fourth-order valence-corrected chi connectivity index (χ4v) is 3.86. The van der Waals surface area contributed by atoms with Gasteiger partial charge in [-0.15, -0.1) is 0 Å². The van der Waals surface area contributed by atoms with Crippen LogP contribution >= 0.6 is 15.9 Å². The molecule has 0 amide bonds. The molecule has 0 radical (unpaired) electrons. The van der Waals surface area contributed by atoms with Crippen LogP contribution in [0.2, 0.25) is 0 Å². The zero-order valence-electron chi connectivity index (χ0n) is 18.1. The highest BCUT2D eigenvalue weighted by atomic mass is 79.9. The number of para-hydroxylation sites is 2. The maximum atomic E-state index is 12.8. The topological polar surface area (TPSA) is 95.2 Å². The highest BCUT2D eigenvalue weighted by Crippen LogP contribution is 2.34. The fourth-order valence-electron chi connectivity index (χ4n) is 3.60. The van der Waals surface area contributed by atoms with E-state index < -0.39 is 4.92 Å². The molecule has 35 heavy (non-hydrogen) atoms. The molecule has 8 heteroatoms. The van der Waals surface area contributed by atoms with Gasteiger partial charge in [-0.1, -0.05) is 40.2 Å². The van der Waals surface area contributed by atoms with Crippen molar-refractivity contribution in [3.8, 4) is 22.8 Å². The number of carbonyl (C=O) groups excluding carboxylic acids is 1. The minimum atomic E-state index is -0.563. The first-order chi connectivity index (χ1) is 17.0. The highest BCUT2D eigenvalue weighted by molar-refractivity contribution is 9.10. The lowest BCUT2D eigenvalue weighted by atomic mass is 10.0. The largest absolute Gasteiger partial charge is 0.450 e. The van der Waals surface area contributed by atoms with E-state index in [-0.39, 0.29) is 22.8 Å². The number of nitrogens with zero attached hydrogens (tertiary/aromatic N) is 3. The molecule has 0 N–H and O–H groups in total. The first kappa shape index (κ1) is 22.4. The third-order valence-electron chi connectivity index (χ3n) is 5.33. The predicted octanol–water partition coefficient (Wildman–Crippen LogP) is 6.99. The Morgan fingerprint density at radius 2 is 1.60 bits per heavy atom. The fraction of sp³-hybridized carbons (Fsp3) is 0. The van der Waals surface area contributed by atoms with Gasteiger partial charge in [-0.05, 0) is 60.7 Å². The molecule has 1 aromatic heterocycles. The molecule has 0 fully saturated rings. The molecular weight excluding hydrogens is 510 g/mol. The van der Waals surface area contributed by atoms with E-state index in [0.717, 1.165) is 21.1 Å². The molecule has 0 spiro atoms. The molecule has 0 saturated heterocycles. The van der Waals surface area contributed by atoms with Crippen LogP contribution in [0.15, 0.2) is 102 Å². The van der Waals surface area contributed by atoms with Gasteiger partial charge in [-0.25, -0.2) is 4.98 Å². The third-order valence-corrected chi connectivity index (χ3v) is 5.86. The molecule has 4 aromatic carbocycles. The van der Waals surface area contributed by atoms with Crippen LogP contribution in [0.1, 0.15) is 15.9 Å². The number of rotatable bonds is 6. The van der Waals surface area contributed by atoms with E-state index in [1.807, 2.05) is 30.3 Å². The van der Waals surface area contributed by atoms with Crippen molar-refractivity contribution < 1.29 is 14.5 Å². The van der Waals surface area contributed by atoms with Crippen molar-refractivity contribution in [1.82, 2.24) is 9.97 Å². The van der Waals surface area contributed by atoms with Gasteiger partial charge in [-0.3, -0.25) is 19.9 Å². The molecule has 5 rings (SSSR count). The highest BCUT2D eigenvalue weighted by Gasteiger charge is 2.20. The van der Waals surface area contributed by atoms with Crippen LogP contribution in [0.3, 0.4) is 0 Å². The van der Waals surface area contributed by atoms with Gasteiger partial charge < -0.3 is 4.74 Å². The molecule has 0 aliphatic heterocycles. The normalized spacial score (nSPS) is 10.8. The van der Waals surface area contributed by atoms with Crippen LogP contribution in [-0.2, 0) is 0 Å². The van der Waals surface area contributed by atoms with E-state index in [1.54, 1.807) is 48.7 Å². The standard InChI is InChI=1S/C27H16BrN3O4/c28-20-11-8-17(9-12-20)27(32)19-10-13-26(25(15-19)31(33)34)35-21-5-3-4-18(14-21)24-16-29-22-6-1-2-7-23(22)30-24/h1-16H. The number of fused-ring (bicyclic) bond motifs is 1. The number of ether oxygens (including phenoxy) is 1. The Morgan fingerprint density at radius 1 is 0.857 bits per heavy atom. The number of hydrogen-bond donors (Lipinski definition) is 0. The Labute approximate surface area is 208 Å². The lowest BCUT2D eigenvalue weighted by molar-refractivity contribution is -0.385. The lowest BCUT2D eigenvalue weighted by Crippen LogP contribution is -2.03.